The van der Waals surface area contributed by atoms with Crippen molar-refractivity contribution < 1.29 is 41.9 Å². The average molecular weight is 990 g/mol. The highest BCUT2D eigenvalue weighted by atomic mass is 32.2. The number of nitrogens with one attached hydrogen (secondary N) is 3. The first-order valence-corrected chi connectivity index (χ1v) is 26.2. The molecule has 0 saturated carbocycles. The fourth-order valence-corrected chi connectivity index (χ4v) is 11.2. The van der Waals surface area contributed by atoms with E-state index >= 15 is 0 Å². The Bertz CT molecular complexity index is 2860. The van der Waals surface area contributed by atoms with Crippen LogP contribution in [-0.2, 0) is 19.6 Å². The maximum atomic E-state index is 13.9. The molecule has 1 unspecified atom stereocenters. The lowest BCUT2D eigenvalue weighted by atomic mass is 10.0. The molecule has 3 N–H and O–H groups in total. The predicted molar refractivity (Wildman–Crippen MR) is 266 cm³/mol. The van der Waals surface area contributed by atoms with Gasteiger partial charge in [0.1, 0.15) is 17.5 Å². The number of amides is 6. The Hall–Kier alpha value is -6.97. The van der Waals surface area contributed by atoms with Crippen molar-refractivity contribution in [3.05, 3.63) is 89.1 Å². The number of benzene rings is 3. The van der Waals surface area contributed by atoms with Gasteiger partial charge in [0.15, 0.2) is 5.82 Å². The number of aromatic nitrogens is 2. The molecule has 0 radical (unpaired) electrons. The van der Waals surface area contributed by atoms with Gasteiger partial charge in [-0.1, -0.05) is 31.0 Å². The van der Waals surface area contributed by atoms with Crippen LogP contribution in [0.4, 0.5) is 34.5 Å². The second kappa shape index (κ2) is 20.8. The molecule has 3 saturated heterocycles. The van der Waals surface area contributed by atoms with Crippen molar-refractivity contribution in [2.24, 2.45) is 0 Å². The maximum Gasteiger partial charge on any atom is 0.264 e. The number of ether oxygens (including phenoxy) is 1. The molecule has 374 valence electrons. The SMILES string of the molecule is CCOc1cc(C(=O)N2CCC(N3CCN(CCCCCCNc4cccc5c4C(=O)N(C4CCC(=O)NC4=O)C5=O)CC3)CC2)ccc1Nc1ncc2c(n1)N(S(C)(=O)=O)c1ccccc1C(=O)N2C. The lowest BCUT2D eigenvalue weighted by Crippen LogP contribution is -2.54. The summed E-state index contributed by atoms with van der Waals surface area (Å²) in [4.78, 5) is 96.2. The van der Waals surface area contributed by atoms with Crippen LogP contribution in [0.2, 0.25) is 0 Å². The Balaban J connectivity index is 0.713. The van der Waals surface area contributed by atoms with E-state index in [4.69, 9.17) is 4.74 Å². The molecule has 3 fully saturated rings. The second-order valence-corrected chi connectivity index (χ2v) is 20.3. The number of imide groups is 2. The molecule has 3 aromatic carbocycles. The lowest BCUT2D eigenvalue weighted by Gasteiger charge is -2.42. The van der Waals surface area contributed by atoms with Crippen LogP contribution in [0.15, 0.2) is 66.9 Å². The van der Waals surface area contributed by atoms with Crippen LogP contribution in [0.1, 0.15) is 99.7 Å². The summed E-state index contributed by atoms with van der Waals surface area (Å²) in [6.07, 6.45) is 8.49. The van der Waals surface area contributed by atoms with Gasteiger partial charge < -0.3 is 30.1 Å². The zero-order valence-electron chi connectivity index (χ0n) is 40.2. The van der Waals surface area contributed by atoms with Crippen molar-refractivity contribution in [2.75, 3.05) is 92.1 Å². The Kier molecular flexibility index (Phi) is 14.4. The molecule has 0 aliphatic carbocycles. The van der Waals surface area contributed by atoms with Crippen LogP contribution in [0.25, 0.3) is 0 Å². The van der Waals surface area contributed by atoms with Gasteiger partial charge in [-0.2, -0.15) is 4.98 Å². The zero-order valence-corrected chi connectivity index (χ0v) is 41.0. The van der Waals surface area contributed by atoms with Gasteiger partial charge in [-0.3, -0.25) is 43.9 Å². The summed E-state index contributed by atoms with van der Waals surface area (Å²) in [5.74, 6) is -2.05. The van der Waals surface area contributed by atoms with Crippen molar-refractivity contribution >= 4 is 80.0 Å². The minimum atomic E-state index is -3.95. The number of carbonyl (C=O) groups is 6. The van der Waals surface area contributed by atoms with Crippen LogP contribution in [0, 0.1) is 0 Å². The molecular weight excluding hydrogens is 931 g/mol. The van der Waals surface area contributed by atoms with E-state index in [9.17, 15) is 37.2 Å². The fraction of sp³-hybridized carbons (Fsp3) is 0.440. The van der Waals surface area contributed by atoms with Gasteiger partial charge in [0.2, 0.25) is 27.8 Å². The second-order valence-electron chi connectivity index (χ2n) is 18.5. The highest BCUT2D eigenvalue weighted by Gasteiger charge is 2.46. The number of carbonyl (C=O) groups excluding carboxylic acids is 6. The molecular formula is C50H59N11O9S. The molecule has 6 heterocycles. The Morgan fingerprint density at radius 3 is 2.31 bits per heavy atom. The summed E-state index contributed by atoms with van der Waals surface area (Å²) >= 11 is 0. The molecule has 4 aromatic rings. The number of piperazine rings is 1. The number of likely N-dealkylation sites (tertiary alicyclic amines) is 1. The van der Waals surface area contributed by atoms with E-state index in [1.54, 1.807) is 67.7 Å². The Morgan fingerprint density at radius 1 is 0.817 bits per heavy atom. The van der Waals surface area contributed by atoms with Gasteiger partial charge in [-0.05, 0) is 88.0 Å². The van der Waals surface area contributed by atoms with Gasteiger partial charge in [0, 0.05) is 76.6 Å². The van der Waals surface area contributed by atoms with Gasteiger partial charge in [0.25, 0.3) is 23.6 Å². The lowest BCUT2D eigenvalue weighted by molar-refractivity contribution is -0.136. The van der Waals surface area contributed by atoms with E-state index in [0.29, 0.717) is 55.0 Å². The summed E-state index contributed by atoms with van der Waals surface area (Å²) in [6, 6.07) is 16.1. The number of para-hydroxylation sites is 1. The van der Waals surface area contributed by atoms with Crippen molar-refractivity contribution in [2.45, 2.75) is 70.4 Å². The summed E-state index contributed by atoms with van der Waals surface area (Å²) in [7, 11) is -2.40. The molecule has 1 atom stereocenters. The van der Waals surface area contributed by atoms with E-state index in [0.717, 1.165) is 86.7 Å². The Morgan fingerprint density at radius 2 is 1.56 bits per heavy atom. The first kappa shape index (κ1) is 49.0. The van der Waals surface area contributed by atoms with E-state index < -0.39 is 45.6 Å². The van der Waals surface area contributed by atoms with Crippen LogP contribution >= 0.6 is 0 Å². The van der Waals surface area contributed by atoms with Crippen molar-refractivity contribution in [1.29, 1.82) is 0 Å². The van der Waals surface area contributed by atoms with Gasteiger partial charge in [0.05, 0.1) is 47.1 Å². The summed E-state index contributed by atoms with van der Waals surface area (Å²) in [5.41, 5.74) is 2.69. The number of nitrogens with zero attached hydrogens (tertiary/aromatic N) is 8. The van der Waals surface area contributed by atoms with Crippen molar-refractivity contribution in [3.63, 3.8) is 0 Å². The molecule has 0 spiro atoms. The third-order valence-electron chi connectivity index (χ3n) is 13.9. The number of hydrogen-bond donors (Lipinski definition) is 3. The maximum absolute atomic E-state index is 13.9. The number of piperidine rings is 2. The highest BCUT2D eigenvalue weighted by Crippen LogP contribution is 2.41. The zero-order chi connectivity index (χ0) is 50.0. The number of rotatable bonds is 16. The molecule has 71 heavy (non-hydrogen) atoms. The predicted octanol–water partition coefficient (Wildman–Crippen LogP) is 4.60. The van der Waals surface area contributed by atoms with Crippen LogP contribution in [-0.4, -0.2) is 158 Å². The summed E-state index contributed by atoms with van der Waals surface area (Å²) in [5, 5.41) is 8.72. The average Bonchev–Trinajstić information content (AvgIpc) is 3.56. The molecule has 5 aliphatic rings. The number of sulfonamides is 1. The number of hydrogen-bond acceptors (Lipinski definition) is 15. The quantitative estimate of drug-likeness (QED) is 0.103. The molecule has 5 aliphatic heterocycles. The Labute approximate surface area is 412 Å². The number of anilines is 6. The summed E-state index contributed by atoms with van der Waals surface area (Å²) < 4.78 is 33.5. The van der Waals surface area contributed by atoms with E-state index in [1.807, 2.05) is 11.8 Å². The standard InChI is InChI=1S/C50H59N11O9S/c1-4-70-41-30-32(16-17-36(41)53-50-52-31-40-44(55-50)61(71(3,68)69)38-15-8-7-12-34(38)47(65)56(40)2)46(64)59-24-20-33(21-25-59)58-28-26-57(27-29-58)23-10-6-5-9-22-51-37-14-11-13-35-43(37)49(67)60(48(35)66)39-18-19-42(62)54-45(39)63/h7-8,11-17,30-31,33,39,51H,4-6,9-10,18-29H2,1-3H3,(H,52,53,55)(H,54,62,63). The number of fused-ring (bicyclic) bond motifs is 3. The van der Waals surface area contributed by atoms with E-state index in [1.165, 1.54) is 11.1 Å². The summed E-state index contributed by atoms with van der Waals surface area (Å²) in [6.45, 7) is 9.10. The van der Waals surface area contributed by atoms with Gasteiger partial charge in [-0.15, -0.1) is 0 Å². The first-order valence-electron chi connectivity index (χ1n) is 24.3. The minimum absolute atomic E-state index is 0.00941. The largest absolute Gasteiger partial charge is 0.492 e. The van der Waals surface area contributed by atoms with Crippen molar-refractivity contribution in [1.82, 2.24) is 34.9 Å². The monoisotopic (exact) mass is 989 g/mol. The molecule has 9 rings (SSSR count). The van der Waals surface area contributed by atoms with Gasteiger partial charge in [-0.25, -0.2) is 17.7 Å². The molecule has 0 bridgehead atoms. The van der Waals surface area contributed by atoms with E-state index in [-0.39, 0.29) is 58.6 Å². The van der Waals surface area contributed by atoms with Gasteiger partial charge >= 0.3 is 0 Å². The fourth-order valence-electron chi connectivity index (χ4n) is 10.2. The van der Waals surface area contributed by atoms with Crippen LogP contribution in [0.5, 0.6) is 5.75 Å². The van der Waals surface area contributed by atoms with Crippen LogP contribution in [0.3, 0.4) is 0 Å². The molecule has 21 heteroatoms. The van der Waals surface area contributed by atoms with Crippen molar-refractivity contribution in [3.8, 4) is 5.75 Å². The molecule has 20 nitrogen and oxygen atoms in total. The third kappa shape index (κ3) is 10.2. The van der Waals surface area contributed by atoms with E-state index in [2.05, 4.69) is 35.7 Å². The number of unbranched alkanes of at least 4 members (excludes halogenated alkanes) is 3. The molecule has 1 aromatic heterocycles. The van der Waals surface area contributed by atoms with Crippen LogP contribution < -0.4 is 29.9 Å². The first-order chi connectivity index (χ1) is 34.2. The minimum Gasteiger partial charge on any atom is -0.492 e. The highest BCUT2D eigenvalue weighted by molar-refractivity contribution is 7.92. The topological polar surface area (TPSA) is 227 Å². The smallest absolute Gasteiger partial charge is 0.264 e. The third-order valence-corrected chi connectivity index (χ3v) is 15.0. The molecule has 6 amide bonds. The normalized spacial score (nSPS) is 19.0.